The smallest absolute Gasteiger partial charge is 0.236 e. The molecule has 0 aliphatic carbocycles. The summed E-state index contributed by atoms with van der Waals surface area (Å²) in [6.45, 7) is 8.31. The van der Waals surface area contributed by atoms with Crippen molar-refractivity contribution in [3.63, 3.8) is 0 Å². The van der Waals surface area contributed by atoms with Gasteiger partial charge in [0.2, 0.25) is 5.91 Å². The highest BCUT2D eigenvalue weighted by Crippen LogP contribution is 1.97. The first kappa shape index (κ1) is 15.4. The van der Waals surface area contributed by atoms with E-state index in [4.69, 9.17) is 0 Å². The Morgan fingerprint density at radius 2 is 1.88 bits per heavy atom. The second-order valence-electron chi connectivity index (χ2n) is 4.57. The molecule has 0 saturated heterocycles. The van der Waals surface area contributed by atoms with E-state index >= 15 is 0 Å². The Bertz CT molecular complexity index is 195. The van der Waals surface area contributed by atoms with E-state index in [1.54, 1.807) is 7.05 Å². The fourth-order valence-electron chi connectivity index (χ4n) is 1.37. The third kappa shape index (κ3) is 6.80. The van der Waals surface area contributed by atoms with Crippen LogP contribution in [-0.4, -0.2) is 50.1 Å². The summed E-state index contributed by atoms with van der Waals surface area (Å²) in [5.41, 5.74) is 0. The van der Waals surface area contributed by atoms with Crippen molar-refractivity contribution in [2.75, 3.05) is 27.2 Å². The topological polar surface area (TPSA) is 44.4 Å². The van der Waals surface area contributed by atoms with E-state index < -0.39 is 0 Å². The second-order valence-corrected chi connectivity index (χ2v) is 4.57. The molecule has 16 heavy (non-hydrogen) atoms. The average Bonchev–Trinajstić information content (AvgIpc) is 2.26. The number of likely N-dealkylation sites (N-methyl/N-ethyl adjacent to an activating group) is 1. The van der Waals surface area contributed by atoms with Crippen molar-refractivity contribution in [1.82, 2.24) is 15.5 Å². The average molecular weight is 229 g/mol. The second kappa shape index (κ2) is 8.53. The van der Waals surface area contributed by atoms with Crippen molar-refractivity contribution in [1.29, 1.82) is 0 Å². The lowest BCUT2D eigenvalue weighted by Crippen LogP contribution is -2.41. The molecule has 96 valence electrons. The lowest BCUT2D eigenvalue weighted by molar-refractivity contribution is -0.122. The molecule has 0 rings (SSSR count). The van der Waals surface area contributed by atoms with Crippen LogP contribution < -0.4 is 10.6 Å². The first-order valence-corrected chi connectivity index (χ1v) is 6.14. The molecule has 4 nitrogen and oxygen atoms in total. The van der Waals surface area contributed by atoms with E-state index in [0.717, 1.165) is 19.5 Å². The lowest BCUT2D eigenvalue weighted by atomic mass is 10.2. The van der Waals surface area contributed by atoms with Crippen LogP contribution in [0.1, 0.15) is 33.6 Å². The van der Waals surface area contributed by atoms with Crippen LogP contribution >= 0.6 is 0 Å². The predicted octanol–water partition coefficient (Wildman–Crippen LogP) is 0.831. The summed E-state index contributed by atoms with van der Waals surface area (Å²) in [6, 6.07) is 0.519. The van der Waals surface area contributed by atoms with Gasteiger partial charge in [0.25, 0.3) is 0 Å². The minimum Gasteiger partial charge on any atom is -0.358 e. The molecule has 0 aromatic rings. The van der Waals surface area contributed by atoms with E-state index in [0.29, 0.717) is 6.04 Å². The molecule has 0 bridgehead atoms. The van der Waals surface area contributed by atoms with E-state index in [9.17, 15) is 4.79 Å². The van der Waals surface area contributed by atoms with Crippen molar-refractivity contribution in [2.45, 2.75) is 45.7 Å². The number of unbranched alkanes of at least 4 members (excludes halogenated alkanes) is 1. The fraction of sp³-hybridized carbons (Fsp3) is 0.917. The van der Waals surface area contributed by atoms with E-state index in [1.165, 1.54) is 6.42 Å². The van der Waals surface area contributed by atoms with Crippen LogP contribution in [0.15, 0.2) is 0 Å². The zero-order valence-corrected chi connectivity index (χ0v) is 11.3. The number of carbonyl (C=O) groups is 1. The summed E-state index contributed by atoms with van der Waals surface area (Å²) >= 11 is 0. The number of nitrogens with zero attached hydrogens (tertiary/aromatic N) is 1. The van der Waals surface area contributed by atoms with Gasteiger partial charge in [-0.05, 0) is 53.8 Å². The molecule has 0 aliphatic rings. The summed E-state index contributed by atoms with van der Waals surface area (Å²) in [5, 5.41) is 5.83. The van der Waals surface area contributed by atoms with E-state index in [-0.39, 0.29) is 11.9 Å². The highest BCUT2D eigenvalue weighted by Gasteiger charge is 2.08. The standard InChI is InChI=1S/C12H27N3O/c1-10(2)15(5)9-7-6-8-14-11(3)12(16)13-4/h10-11,14H,6-9H2,1-5H3,(H,13,16). The van der Waals surface area contributed by atoms with Gasteiger partial charge >= 0.3 is 0 Å². The Balaban J connectivity index is 3.43. The number of amides is 1. The van der Waals surface area contributed by atoms with Gasteiger partial charge in [-0.1, -0.05) is 0 Å². The molecule has 1 amide bonds. The van der Waals surface area contributed by atoms with Crippen LogP contribution in [0.3, 0.4) is 0 Å². The zero-order chi connectivity index (χ0) is 12.6. The minimum atomic E-state index is -0.0900. The summed E-state index contributed by atoms with van der Waals surface area (Å²) in [6.07, 6.45) is 2.28. The monoisotopic (exact) mass is 229 g/mol. The fourth-order valence-corrected chi connectivity index (χ4v) is 1.37. The molecule has 0 fully saturated rings. The Labute approximate surface area is 99.8 Å². The van der Waals surface area contributed by atoms with Crippen molar-refractivity contribution >= 4 is 5.91 Å². The normalized spacial score (nSPS) is 13.2. The van der Waals surface area contributed by atoms with E-state index in [1.807, 2.05) is 6.92 Å². The molecule has 0 aromatic carbocycles. The van der Waals surface area contributed by atoms with Crippen LogP contribution in [0.25, 0.3) is 0 Å². The Morgan fingerprint density at radius 3 is 2.38 bits per heavy atom. The highest BCUT2D eigenvalue weighted by atomic mass is 16.2. The van der Waals surface area contributed by atoms with Crippen LogP contribution in [0.2, 0.25) is 0 Å². The lowest BCUT2D eigenvalue weighted by Gasteiger charge is -2.20. The molecule has 0 heterocycles. The quantitative estimate of drug-likeness (QED) is 0.606. The zero-order valence-electron chi connectivity index (χ0n) is 11.3. The van der Waals surface area contributed by atoms with Crippen LogP contribution in [-0.2, 0) is 4.79 Å². The SMILES string of the molecule is CNC(=O)C(C)NCCCCN(C)C(C)C. The first-order valence-electron chi connectivity index (χ1n) is 6.14. The third-order valence-electron chi connectivity index (χ3n) is 2.91. The van der Waals surface area contributed by atoms with Gasteiger partial charge in [0.05, 0.1) is 6.04 Å². The molecule has 0 radical (unpaired) electrons. The van der Waals surface area contributed by atoms with Crippen molar-refractivity contribution in [3.8, 4) is 0 Å². The molecular formula is C12H27N3O. The molecule has 0 saturated carbocycles. The molecule has 0 aliphatic heterocycles. The number of rotatable bonds is 8. The Kier molecular flexibility index (Phi) is 8.21. The molecule has 2 N–H and O–H groups in total. The number of hydrogen-bond acceptors (Lipinski definition) is 3. The Morgan fingerprint density at radius 1 is 1.25 bits per heavy atom. The summed E-state index contributed by atoms with van der Waals surface area (Å²) < 4.78 is 0. The van der Waals surface area contributed by atoms with Crippen LogP contribution in [0.4, 0.5) is 0 Å². The molecular weight excluding hydrogens is 202 g/mol. The van der Waals surface area contributed by atoms with Gasteiger partial charge in [0, 0.05) is 13.1 Å². The van der Waals surface area contributed by atoms with Gasteiger partial charge in [-0.25, -0.2) is 0 Å². The molecule has 4 heteroatoms. The molecule has 1 unspecified atom stereocenters. The number of carbonyl (C=O) groups excluding carboxylic acids is 1. The van der Waals surface area contributed by atoms with Crippen molar-refractivity contribution < 1.29 is 4.79 Å². The maximum atomic E-state index is 11.2. The highest BCUT2D eigenvalue weighted by molar-refractivity contribution is 5.80. The van der Waals surface area contributed by atoms with Gasteiger partial charge < -0.3 is 15.5 Å². The maximum absolute atomic E-state index is 11.2. The Hall–Kier alpha value is -0.610. The van der Waals surface area contributed by atoms with Crippen molar-refractivity contribution in [3.05, 3.63) is 0 Å². The van der Waals surface area contributed by atoms with E-state index in [2.05, 4.69) is 36.4 Å². The van der Waals surface area contributed by atoms with Gasteiger partial charge in [-0.2, -0.15) is 0 Å². The van der Waals surface area contributed by atoms with Crippen LogP contribution in [0.5, 0.6) is 0 Å². The molecule has 0 aromatic heterocycles. The number of nitrogens with one attached hydrogen (secondary N) is 2. The summed E-state index contributed by atoms with van der Waals surface area (Å²) in [5.74, 6) is 0.0549. The van der Waals surface area contributed by atoms with Gasteiger partial charge in [0.1, 0.15) is 0 Å². The minimum absolute atomic E-state index is 0.0549. The first-order chi connectivity index (χ1) is 7.49. The van der Waals surface area contributed by atoms with Crippen molar-refractivity contribution in [2.24, 2.45) is 0 Å². The number of hydrogen-bond donors (Lipinski definition) is 2. The van der Waals surface area contributed by atoms with Gasteiger partial charge in [-0.15, -0.1) is 0 Å². The summed E-state index contributed by atoms with van der Waals surface area (Å²) in [7, 11) is 3.81. The third-order valence-corrected chi connectivity index (χ3v) is 2.91. The molecule has 0 spiro atoms. The molecule has 1 atom stereocenters. The summed E-state index contributed by atoms with van der Waals surface area (Å²) in [4.78, 5) is 13.5. The van der Waals surface area contributed by atoms with Gasteiger partial charge in [0.15, 0.2) is 0 Å². The predicted molar refractivity (Wildman–Crippen MR) is 68.5 cm³/mol. The maximum Gasteiger partial charge on any atom is 0.236 e. The largest absolute Gasteiger partial charge is 0.358 e. The van der Waals surface area contributed by atoms with Gasteiger partial charge in [-0.3, -0.25) is 4.79 Å². The van der Waals surface area contributed by atoms with Crippen LogP contribution in [0, 0.1) is 0 Å².